The largest absolute Gasteiger partial charge is 0.412 e. The van der Waals surface area contributed by atoms with Crippen molar-refractivity contribution in [3.63, 3.8) is 0 Å². The Labute approximate surface area is 113 Å². The maximum atomic E-state index is 9.79. The zero-order chi connectivity index (χ0) is 12.6. The summed E-state index contributed by atoms with van der Waals surface area (Å²) in [5.41, 5.74) is 5.46. The molecule has 1 saturated heterocycles. The molecule has 9 N–H and O–H groups in total. The van der Waals surface area contributed by atoms with Crippen molar-refractivity contribution in [1.29, 1.82) is 0 Å². The van der Waals surface area contributed by atoms with E-state index in [0.29, 0.717) is 0 Å². The summed E-state index contributed by atoms with van der Waals surface area (Å²) in [6.45, 7) is -0.384. The standard InChI is InChI=1S/C9H13N3O4S.2H2O/c10-5-1-2-12(9(17)11-5)8-7(15)6(14)4(3-13)16-8;;/h1-2,4,6-8,13-15H,3H2,(H2,10,11,17);2*1H2. The zero-order valence-corrected chi connectivity index (χ0v) is 10.6. The van der Waals surface area contributed by atoms with E-state index in [1.54, 1.807) is 0 Å². The second kappa shape index (κ2) is 6.86. The van der Waals surface area contributed by atoms with E-state index in [0.717, 1.165) is 0 Å². The average molecular weight is 295 g/mol. The van der Waals surface area contributed by atoms with E-state index in [2.05, 4.69) is 4.98 Å². The fourth-order valence-electron chi connectivity index (χ4n) is 1.73. The number of anilines is 1. The number of hydrogen-bond donors (Lipinski definition) is 4. The van der Waals surface area contributed by atoms with Gasteiger partial charge in [0.2, 0.25) is 4.77 Å². The van der Waals surface area contributed by atoms with E-state index >= 15 is 0 Å². The fourth-order valence-corrected chi connectivity index (χ4v) is 2.00. The van der Waals surface area contributed by atoms with Gasteiger partial charge in [0.1, 0.15) is 24.1 Å². The summed E-state index contributed by atoms with van der Waals surface area (Å²) >= 11 is 4.98. The van der Waals surface area contributed by atoms with Crippen LogP contribution in [0.5, 0.6) is 0 Å². The molecule has 4 unspecified atom stereocenters. The lowest BCUT2D eigenvalue weighted by molar-refractivity contribution is -0.0540. The van der Waals surface area contributed by atoms with Crippen molar-refractivity contribution in [2.45, 2.75) is 24.5 Å². The number of nitrogens with two attached hydrogens (primary N) is 1. The first-order chi connectivity index (χ1) is 8.04. The van der Waals surface area contributed by atoms with Crippen molar-refractivity contribution in [3.8, 4) is 0 Å². The highest BCUT2D eigenvalue weighted by molar-refractivity contribution is 7.71. The number of aromatic nitrogens is 2. The van der Waals surface area contributed by atoms with Crippen molar-refractivity contribution in [1.82, 2.24) is 9.55 Å². The lowest BCUT2D eigenvalue weighted by atomic mass is 10.1. The Morgan fingerprint density at radius 2 is 2.00 bits per heavy atom. The van der Waals surface area contributed by atoms with Crippen LogP contribution in [0.1, 0.15) is 6.23 Å². The highest BCUT2D eigenvalue weighted by Gasteiger charge is 2.43. The maximum Gasteiger partial charge on any atom is 0.203 e. The highest BCUT2D eigenvalue weighted by Crippen LogP contribution is 2.29. The Kier molecular flexibility index (Phi) is 6.45. The number of aliphatic hydroxyl groups is 3. The summed E-state index contributed by atoms with van der Waals surface area (Å²) in [4.78, 5) is 3.85. The third kappa shape index (κ3) is 3.25. The summed E-state index contributed by atoms with van der Waals surface area (Å²) in [6.07, 6.45) is -2.53. The molecule has 0 saturated carbocycles. The predicted octanol–water partition coefficient (Wildman–Crippen LogP) is -2.84. The summed E-state index contributed by atoms with van der Waals surface area (Å²) in [5, 5.41) is 28.4. The van der Waals surface area contributed by atoms with Gasteiger partial charge in [0.25, 0.3) is 0 Å². The monoisotopic (exact) mass is 295 g/mol. The second-order valence-corrected chi connectivity index (χ2v) is 4.14. The molecular formula is C9H17N3O6S. The van der Waals surface area contributed by atoms with Gasteiger partial charge in [-0.05, 0) is 18.3 Å². The predicted molar refractivity (Wildman–Crippen MR) is 67.7 cm³/mol. The quantitative estimate of drug-likeness (QED) is 0.424. The van der Waals surface area contributed by atoms with E-state index in [-0.39, 0.29) is 28.1 Å². The Morgan fingerprint density at radius 1 is 1.37 bits per heavy atom. The second-order valence-electron chi connectivity index (χ2n) is 3.77. The van der Waals surface area contributed by atoms with Crippen LogP contribution in [-0.4, -0.2) is 60.7 Å². The van der Waals surface area contributed by atoms with Crippen LogP contribution in [0.15, 0.2) is 12.3 Å². The Balaban J connectivity index is 0.00000162. The Morgan fingerprint density at radius 3 is 2.47 bits per heavy atom. The molecule has 0 aliphatic carbocycles. The molecule has 1 aliphatic rings. The SMILES string of the molecule is Nc1ccn(C2OC(CO)C(O)C2O)c(=S)n1.O.O. The van der Waals surface area contributed by atoms with Gasteiger partial charge in [-0.2, -0.15) is 0 Å². The first-order valence-corrected chi connectivity index (χ1v) is 5.42. The van der Waals surface area contributed by atoms with Crippen LogP contribution in [0, 0.1) is 4.77 Å². The summed E-state index contributed by atoms with van der Waals surface area (Å²) < 4.78 is 6.83. The van der Waals surface area contributed by atoms with Gasteiger partial charge in [0.05, 0.1) is 6.61 Å². The molecule has 4 atom stereocenters. The van der Waals surface area contributed by atoms with Crippen molar-refractivity contribution in [2.24, 2.45) is 0 Å². The third-order valence-electron chi connectivity index (χ3n) is 2.64. The molecule has 110 valence electrons. The van der Waals surface area contributed by atoms with Gasteiger partial charge in [-0.25, -0.2) is 4.98 Å². The molecule has 9 nitrogen and oxygen atoms in total. The number of nitrogens with zero attached hydrogens (tertiary/aromatic N) is 2. The van der Waals surface area contributed by atoms with Gasteiger partial charge in [0.15, 0.2) is 6.23 Å². The van der Waals surface area contributed by atoms with E-state index < -0.39 is 24.5 Å². The number of hydrogen-bond acceptors (Lipinski definition) is 7. The molecule has 19 heavy (non-hydrogen) atoms. The van der Waals surface area contributed by atoms with Gasteiger partial charge >= 0.3 is 0 Å². The van der Waals surface area contributed by atoms with Crippen LogP contribution in [0.4, 0.5) is 5.82 Å². The number of aliphatic hydroxyl groups excluding tert-OH is 3. The third-order valence-corrected chi connectivity index (χ3v) is 2.94. The molecule has 0 radical (unpaired) electrons. The molecule has 10 heteroatoms. The molecule has 1 aromatic rings. The van der Waals surface area contributed by atoms with Gasteiger partial charge in [-0.1, -0.05) is 0 Å². The Bertz CT molecular complexity index is 470. The average Bonchev–Trinajstić information content (AvgIpc) is 2.57. The van der Waals surface area contributed by atoms with Crippen LogP contribution in [-0.2, 0) is 4.74 Å². The normalized spacial score (nSPS) is 29.4. The number of ether oxygens (including phenoxy) is 1. The number of nitrogen functional groups attached to an aromatic ring is 1. The molecule has 0 spiro atoms. The lowest BCUT2D eigenvalue weighted by Gasteiger charge is -2.18. The van der Waals surface area contributed by atoms with Gasteiger partial charge in [-0.15, -0.1) is 0 Å². The molecule has 0 aromatic carbocycles. The van der Waals surface area contributed by atoms with Crippen molar-refractivity contribution in [2.75, 3.05) is 12.3 Å². The van der Waals surface area contributed by atoms with Crippen LogP contribution < -0.4 is 5.73 Å². The van der Waals surface area contributed by atoms with Gasteiger partial charge in [-0.3, -0.25) is 4.57 Å². The first kappa shape index (κ1) is 17.9. The highest BCUT2D eigenvalue weighted by atomic mass is 32.1. The minimum Gasteiger partial charge on any atom is -0.412 e. The molecule has 1 fully saturated rings. The molecule has 0 bridgehead atoms. The van der Waals surface area contributed by atoms with E-state index in [4.69, 9.17) is 27.8 Å². The van der Waals surface area contributed by atoms with Crippen molar-refractivity contribution in [3.05, 3.63) is 17.0 Å². The van der Waals surface area contributed by atoms with Gasteiger partial charge in [0, 0.05) is 6.20 Å². The summed E-state index contributed by atoms with van der Waals surface area (Å²) in [7, 11) is 0. The molecule has 2 rings (SSSR count). The molecular weight excluding hydrogens is 278 g/mol. The van der Waals surface area contributed by atoms with Crippen LogP contribution in [0.2, 0.25) is 0 Å². The van der Waals surface area contributed by atoms with Crippen LogP contribution in [0.25, 0.3) is 0 Å². The lowest BCUT2D eigenvalue weighted by Crippen LogP contribution is -2.33. The van der Waals surface area contributed by atoms with E-state index in [9.17, 15) is 10.2 Å². The van der Waals surface area contributed by atoms with Gasteiger partial charge < -0.3 is 36.7 Å². The topological polar surface area (TPSA) is 177 Å². The minimum absolute atomic E-state index is 0. The van der Waals surface area contributed by atoms with Crippen LogP contribution in [0.3, 0.4) is 0 Å². The molecule has 0 amide bonds. The zero-order valence-electron chi connectivity index (χ0n) is 9.80. The van der Waals surface area contributed by atoms with Crippen molar-refractivity contribution >= 4 is 18.0 Å². The maximum absolute atomic E-state index is 9.79. The molecule has 1 aliphatic heterocycles. The Hall–Kier alpha value is -1.14. The minimum atomic E-state index is -1.18. The fraction of sp³-hybridized carbons (Fsp3) is 0.556. The van der Waals surface area contributed by atoms with Crippen molar-refractivity contribution < 1.29 is 31.0 Å². The summed E-state index contributed by atoms with van der Waals surface area (Å²) in [6, 6.07) is 1.50. The summed E-state index contributed by atoms with van der Waals surface area (Å²) in [5.74, 6) is 0.262. The smallest absolute Gasteiger partial charge is 0.203 e. The first-order valence-electron chi connectivity index (χ1n) is 5.01. The number of rotatable bonds is 2. The molecule has 2 heterocycles. The van der Waals surface area contributed by atoms with E-state index in [1.165, 1.54) is 16.8 Å². The van der Waals surface area contributed by atoms with Crippen LogP contribution >= 0.6 is 12.2 Å². The van der Waals surface area contributed by atoms with E-state index in [1.807, 2.05) is 0 Å². The molecule has 1 aromatic heterocycles.